The van der Waals surface area contributed by atoms with Gasteiger partial charge in [0.1, 0.15) is 22.8 Å². The van der Waals surface area contributed by atoms with Gasteiger partial charge in [0.15, 0.2) is 0 Å². The number of anilines is 1. The van der Waals surface area contributed by atoms with E-state index in [0.717, 1.165) is 44.2 Å². The summed E-state index contributed by atoms with van der Waals surface area (Å²) in [6.07, 6.45) is 4.17. The van der Waals surface area contributed by atoms with E-state index < -0.39 is 31.4 Å². The van der Waals surface area contributed by atoms with Gasteiger partial charge < -0.3 is 19.8 Å². The molecule has 0 aliphatic carbocycles. The number of aromatic nitrogens is 2. The molecule has 2 aliphatic rings. The van der Waals surface area contributed by atoms with Crippen molar-refractivity contribution >= 4 is 38.3 Å². The van der Waals surface area contributed by atoms with E-state index in [1.165, 1.54) is 30.5 Å². The summed E-state index contributed by atoms with van der Waals surface area (Å²) in [7, 11) is -4.46. The highest BCUT2D eigenvalue weighted by atomic mass is 32.2. The minimum absolute atomic E-state index is 0.0397. The van der Waals surface area contributed by atoms with Crippen LogP contribution in [0.3, 0.4) is 0 Å². The number of pyridine rings is 1. The van der Waals surface area contributed by atoms with E-state index in [1.54, 1.807) is 24.4 Å². The lowest BCUT2D eigenvalue weighted by atomic mass is 10.1. The van der Waals surface area contributed by atoms with Crippen LogP contribution in [0.1, 0.15) is 16.8 Å². The van der Waals surface area contributed by atoms with Gasteiger partial charge in [-0.2, -0.15) is 0 Å². The zero-order chi connectivity index (χ0) is 29.3. The molecule has 3 N–H and O–H groups in total. The second kappa shape index (κ2) is 11.4. The summed E-state index contributed by atoms with van der Waals surface area (Å²) >= 11 is 0. The molecule has 1 amide bonds. The van der Waals surface area contributed by atoms with Crippen LogP contribution >= 0.6 is 0 Å². The summed E-state index contributed by atoms with van der Waals surface area (Å²) in [5, 5.41) is 15.8. The molecule has 2 fully saturated rings. The average Bonchev–Trinajstić information content (AvgIpc) is 3.60. The fourth-order valence-corrected chi connectivity index (χ4v) is 6.10. The van der Waals surface area contributed by atoms with E-state index in [4.69, 9.17) is 9.47 Å². The Labute approximate surface area is 241 Å². The first-order valence-electron chi connectivity index (χ1n) is 13.4. The van der Waals surface area contributed by atoms with Crippen molar-refractivity contribution in [2.75, 3.05) is 38.2 Å². The zero-order valence-electron chi connectivity index (χ0n) is 22.4. The molecule has 0 bridgehead atoms. The summed E-state index contributed by atoms with van der Waals surface area (Å²) in [5.41, 5.74) is 0.438. The standard InChI is InChI=1S/C28H28N6O7S/c35-28(23-3-1-2-4-26(23)41-21-11-19-7-9-29-27(19)31-14-21)32-42(38,39)22-5-6-24(25(12-22)34(36)37)30-13-18-8-10-33(15-18)20-16-40-17-20/h1-7,9,11-12,14,18,20,30H,8,10,13,15-17H2,(H,29,31)(H,32,35)/t18-/m0/s1. The van der Waals surface area contributed by atoms with Gasteiger partial charge in [-0.15, -0.1) is 0 Å². The topological polar surface area (TPSA) is 169 Å². The quantitative estimate of drug-likeness (QED) is 0.183. The number of amides is 1. The molecule has 4 heterocycles. The normalized spacial score (nSPS) is 17.6. The minimum atomic E-state index is -4.46. The first kappa shape index (κ1) is 27.6. The highest BCUT2D eigenvalue weighted by Gasteiger charge is 2.32. The third-order valence-corrected chi connectivity index (χ3v) is 8.80. The van der Waals surface area contributed by atoms with Crippen LogP contribution in [0.4, 0.5) is 11.4 Å². The van der Waals surface area contributed by atoms with E-state index in [9.17, 15) is 23.3 Å². The van der Waals surface area contributed by atoms with Crippen molar-refractivity contribution < 1.29 is 27.6 Å². The average molecular weight is 593 g/mol. The molecule has 14 heteroatoms. The highest BCUT2D eigenvalue weighted by Crippen LogP contribution is 2.30. The maximum absolute atomic E-state index is 13.1. The van der Waals surface area contributed by atoms with Gasteiger partial charge in [-0.05, 0) is 55.3 Å². The number of nitrogens with one attached hydrogen (secondary N) is 3. The number of likely N-dealkylation sites (tertiary alicyclic amines) is 1. The van der Waals surface area contributed by atoms with Gasteiger partial charge in [0.05, 0.1) is 40.8 Å². The first-order valence-corrected chi connectivity index (χ1v) is 14.9. The summed E-state index contributed by atoms with van der Waals surface area (Å²) in [6.45, 7) is 3.80. The molecule has 4 aromatic rings. The number of hydrogen-bond acceptors (Lipinski definition) is 10. The van der Waals surface area contributed by atoms with Crippen LogP contribution in [0.5, 0.6) is 11.5 Å². The number of nitro groups is 1. The van der Waals surface area contributed by atoms with Crippen molar-refractivity contribution in [3.8, 4) is 11.5 Å². The number of ether oxygens (including phenoxy) is 2. The number of benzene rings is 2. The Hall–Kier alpha value is -4.53. The summed E-state index contributed by atoms with van der Waals surface area (Å²) in [4.78, 5) is 33.5. The summed E-state index contributed by atoms with van der Waals surface area (Å²) < 4.78 is 39.4. The smallest absolute Gasteiger partial charge is 0.293 e. The number of nitro benzene ring substituents is 1. The van der Waals surface area contributed by atoms with Gasteiger partial charge in [0.25, 0.3) is 21.6 Å². The fraction of sp³-hybridized carbons (Fsp3) is 0.286. The Bertz CT molecular complexity index is 1750. The van der Waals surface area contributed by atoms with E-state index in [-0.39, 0.29) is 17.0 Å². The monoisotopic (exact) mass is 592 g/mol. The Kier molecular flexibility index (Phi) is 7.49. The second-order valence-electron chi connectivity index (χ2n) is 10.3. The molecule has 6 rings (SSSR count). The van der Waals surface area contributed by atoms with E-state index in [1.807, 2.05) is 10.8 Å². The number of hydrogen-bond donors (Lipinski definition) is 3. The molecule has 42 heavy (non-hydrogen) atoms. The number of para-hydroxylation sites is 1. The molecular formula is C28H28N6O7S. The van der Waals surface area contributed by atoms with Crippen molar-refractivity contribution in [3.63, 3.8) is 0 Å². The molecule has 0 spiro atoms. The summed E-state index contributed by atoms with van der Waals surface area (Å²) in [5.74, 6) is -0.182. The van der Waals surface area contributed by atoms with Gasteiger partial charge in [-0.25, -0.2) is 18.1 Å². The number of nitrogens with zero attached hydrogens (tertiary/aromatic N) is 3. The van der Waals surface area contributed by atoms with E-state index in [0.29, 0.717) is 29.9 Å². The number of H-pyrrole nitrogens is 1. The number of carbonyl (C=O) groups is 1. The maximum atomic E-state index is 13.1. The molecule has 2 aromatic heterocycles. The molecule has 2 saturated heterocycles. The molecular weight excluding hydrogens is 564 g/mol. The van der Waals surface area contributed by atoms with Crippen molar-refractivity contribution in [1.82, 2.24) is 19.6 Å². The number of carbonyl (C=O) groups excluding carboxylic acids is 1. The lowest BCUT2D eigenvalue weighted by molar-refractivity contribution is -0.384. The minimum Gasteiger partial charge on any atom is -0.455 e. The second-order valence-corrected chi connectivity index (χ2v) is 12.0. The third kappa shape index (κ3) is 5.77. The molecule has 13 nitrogen and oxygen atoms in total. The van der Waals surface area contributed by atoms with Gasteiger partial charge >= 0.3 is 0 Å². The van der Waals surface area contributed by atoms with Crippen LogP contribution in [0.2, 0.25) is 0 Å². The van der Waals surface area contributed by atoms with Crippen molar-refractivity contribution in [3.05, 3.63) is 82.7 Å². The van der Waals surface area contributed by atoms with Gasteiger partial charge in [-0.3, -0.25) is 19.8 Å². The number of aromatic amines is 1. The van der Waals surface area contributed by atoms with Crippen LogP contribution in [0.25, 0.3) is 11.0 Å². The highest BCUT2D eigenvalue weighted by molar-refractivity contribution is 7.90. The third-order valence-electron chi connectivity index (χ3n) is 7.47. The number of sulfonamides is 1. The van der Waals surface area contributed by atoms with Gasteiger partial charge in [0.2, 0.25) is 0 Å². The largest absolute Gasteiger partial charge is 0.455 e. The molecule has 1 atom stereocenters. The lowest BCUT2D eigenvalue weighted by Gasteiger charge is -2.34. The van der Waals surface area contributed by atoms with Crippen LogP contribution in [0, 0.1) is 16.0 Å². The lowest BCUT2D eigenvalue weighted by Crippen LogP contribution is -2.48. The first-order chi connectivity index (χ1) is 20.3. The van der Waals surface area contributed by atoms with Gasteiger partial charge in [-0.1, -0.05) is 12.1 Å². The SMILES string of the molecule is O=C(NS(=O)(=O)c1ccc(NC[C@@H]2CCN(C3COC3)C2)c([N+](=O)[O-])c1)c1ccccc1Oc1cnc2[nH]ccc2c1. The predicted molar refractivity (Wildman–Crippen MR) is 153 cm³/mol. The molecule has 2 aromatic carbocycles. The van der Waals surface area contributed by atoms with E-state index >= 15 is 0 Å². The molecule has 2 aliphatic heterocycles. The van der Waals surface area contributed by atoms with Crippen molar-refractivity contribution in [2.45, 2.75) is 17.4 Å². The van der Waals surface area contributed by atoms with Crippen LogP contribution in [-0.4, -0.2) is 73.0 Å². The van der Waals surface area contributed by atoms with Crippen molar-refractivity contribution in [1.29, 1.82) is 0 Å². The Morgan fingerprint density at radius 1 is 1.19 bits per heavy atom. The number of fused-ring (bicyclic) bond motifs is 1. The predicted octanol–water partition coefficient (Wildman–Crippen LogP) is 3.51. The maximum Gasteiger partial charge on any atom is 0.293 e. The number of rotatable bonds is 10. The Morgan fingerprint density at radius 2 is 2.02 bits per heavy atom. The van der Waals surface area contributed by atoms with Crippen molar-refractivity contribution in [2.24, 2.45) is 5.92 Å². The van der Waals surface area contributed by atoms with Crippen LogP contribution in [-0.2, 0) is 14.8 Å². The fourth-order valence-electron chi connectivity index (χ4n) is 5.11. The van der Waals surface area contributed by atoms with Gasteiger partial charge in [0, 0.05) is 30.7 Å². The van der Waals surface area contributed by atoms with Crippen LogP contribution < -0.4 is 14.8 Å². The molecule has 218 valence electrons. The van der Waals surface area contributed by atoms with Crippen LogP contribution in [0.15, 0.2) is 71.9 Å². The molecule has 0 unspecified atom stereocenters. The zero-order valence-corrected chi connectivity index (χ0v) is 23.2. The Balaban J connectivity index is 1.15. The summed E-state index contributed by atoms with van der Waals surface area (Å²) in [6, 6.07) is 13.7. The Morgan fingerprint density at radius 3 is 2.81 bits per heavy atom. The molecule has 0 radical (unpaired) electrons. The van der Waals surface area contributed by atoms with E-state index in [2.05, 4.69) is 20.2 Å². The molecule has 0 saturated carbocycles.